The lowest BCUT2D eigenvalue weighted by molar-refractivity contribution is 0.332. The van der Waals surface area contributed by atoms with Crippen molar-refractivity contribution in [3.05, 3.63) is 148 Å². The minimum atomic E-state index is -0.105. The van der Waals surface area contributed by atoms with Gasteiger partial charge in [-0.15, -0.1) is 11.3 Å². The highest BCUT2D eigenvalue weighted by molar-refractivity contribution is 7.32. The first-order valence-corrected chi connectivity index (χ1v) is 27.3. The van der Waals surface area contributed by atoms with Crippen molar-refractivity contribution < 1.29 is 0 Å². The third-order valence-corrected chi connectivity index (χ3v) is 18.8. The molecule has 6 aromatic carbocycles. The second-order valence-corrected chi connectivity index (χ2v) is 28.7. The maximum atomic E-state index is 2.79. The van der Waals surface area contributed by atoms with Gasteiger partial charge >= 0.3 is 6.85 Å². The number of nitrogens with zero attached hydrogens (tertiary/aromatic N) is 2. The normalized spacial score (nSPS) is 18.5. The van der Waals surface area contributed by atoms with Crippen LogP contribution in [-0.2, 0) is 37.9 Å². The van der Waals surface area contributed by atoms with E-state index in [0.29, 0.717) is 0 Å². The Balaban J connectivity index is 1.32. The predicted octanol–water partition coefficient (Wildman–Crippen LogP) is 17.9. The summed E-state index contributed by atoms with van der Waals surface area (Å²) in [5, 5.41) is 1.37. The molecule has 7 aromatic rings. The zero-order valence-electron chi connectivity index (χ0n) is 45.6. The molecule has 360 valence electrons. The van der Waals surface area contributed by atoms with Crippen molar-refractivity contribution in [1.29, 1.82) is 0 Å². The Morgan fingerprint density at radius 3 is 1.56 bits per heavy atom. The standard InChI is InChI=1S/C66H77BN2S/c1-60(2,3)41-23-27-53(45(33-41)40-21-19-18-20-22-40)68-55-36-43(62(7,8)9)35-47-46-34-42(61(4,5)6)24-28-54(46)69(44-25-26-49-50(37-44)64(12,13)30-29-63(49,10)11)67(57(47)55)59-58(68)48-38-51-52(39-56(48)70-59)66(16,17)32-31-65(51,14)15/h18-28,33-39H,29-32H2,1-17H3. The molecule has 4 aliphatic rings. The number of benzene rings is 6. The summed E-state index contributed by atoms with van der Waals surface area (Å²) < 4.78 is 2.81. The van der Waals surface area contributed by atoms with E-state index in [1.165, 1.54) is 136 Å². The van der Waals surface area contributed by atoms with E-state index in [9.17, 15) is 0 Å². The minimum absolute atomic E-state index is 0.0221. The molecule has 4 heteroatoms. The zero-order valence-corrected chi connectivity index (χ0v) is 46.4. The second kappa shape index (κ2) is 15.2. The number of thiophene rings is 1. The molecule has 0 spiro atoms. The van der Waals surface area contributed by atoms with Crippen molar-refractivity contribution in [2.75, 3.05) is 9.71 Å². The first-order valence-electron chi connectivity index (χ1n) is 26.5. The van der Waals surface area contributed by atoms with Crippen LogP contribution in [0.5, 0.6) is 0 Å². The molecule has 0 radical (unpaired) electrons. The number of rotatable bonds is 3. The fraction of sp³-hybridized carbons (Fsp3) is 0.424. The van der Waals surface area contributed by atoms with E-state index in [4.69, 9.17) is 0 Å². The number of anilines is 5. The van der Waals surface area contributed by atoms with Gasteiger partial charge in [0.25, 0.3) is 0 Å². The SMILES string of the molecule is CC(C)(C)c1ccc2c(c1)-c1cc(C(C)(C)C)cc3c1B(c1sc4cc5c(cc4c1N3c1ccc(C(C)(C)C)cc1-c1ccccc1)C(C)(C)CCC5(C)C)N2c1ccc2c(c1)C(C)(C)CCC2(C)C. The second-order valence-electron chi connectivity index (χ2n) is 27.6. The number of fused-ring (bicyclic) bond motifs is 8. The molecule has 0 unspecified atom stereocenters. The molecule has 2 aliphatic carbocycles. The largest absolute Gasteiger partial charge is 0.376 e. The molecule has 0 N–H and O–H groups in total. The Kier molecular flexibility index (Phi) is 10.3. The predicted molar refractivity (Wildman–Crippen MR) is 308 cm³/mol. The smallest absolute Gasteiger partial charge is 0.343 e. The highest BCUT2D eigenvalue weighted by Crippen LogP contribution is 2.56. The van der Waals surface area contributed by atoms with Gasteiger partial charge in [0.2, 0.25) is 0 Å². The van der Waals surface area contributed by atoms with Crippen LogP contribution in [0.25, 0.3) is 32.3 Å². The van der Waals surface area contributed by atoms with Gasteiger partial charge in [0, 0.05) is 43.1 Å². The molecule has 0 fully saturated rings. The number of hydrogen-bond acceptors (Lipinski definition) is 3. The van der Waals surface area contributed by atoms with E-state index in [0.717, 1.165) is 0 Å². The summed E-state index contributed by atoms with van der Waals surface area (Å²) in [5.74, 6) is 0. The molecule has 0 atom stereocenters. The minimum Gasteiger partial charge on any atom is -0.376 e. The quantitative estimate of drug-likeness (QED) is 0.163. The lowest BCUT2D eigenvalue weighted by Gasteiger charge is -2.47. The molecule has 0 amide bonds. The van der Waals surface area contributed by atoms with Crippen LogP contribution in [0.1, 0.15) is 182 Å². The molecule has 2 nitrogen and oxygen atoms in total. The molecular formula is C66H77BN2S. The van der Waals surface area contributed by atoms with Gasteiger partial charge < -0.3 is 9.71 Å². The van der Waals surface area contributed by atoms with Gasteiger partial charge in [0.1, 0.15) is 0 Å². The Morgan fingerprint density at radius 2 is 0.971 bits per heavy atom. The van der Waals surface area contributed by atoms with E-state index in [1.807, 2.05) is 0 Å². The lowest BCUT2D eigenvalue weighted by Crippen LogP contribution is -2.60. The van der Waals surface area contributed by atoms with Crippen molar-refractivity contribution in [3.8, 4) is 22.3 Å². The Bertz CT molecular complexity index is 3280. The monoisotopic (exact) mass is 941 g/mol. The first kappa shape index (κ1) is 47.3. The van der Waals surface area contributed by atoms with E-state index < -0.39 is 0 Å². The Morgan fingerprint density at radius 1 is 0.457 bits per heavy atom. The van der Waals surface area contributed by atoms with Crippen molar-refractivity contribution in [2.24, 2.45) is 0 Å². The summed E-state index contributed by atoms with van der Waals surface area (Å²) in [6, 6.07) is 44.2. The third-order valence-electron chi connectivity index (χ3n) is 17.6. The molecular weight excluding hydrogens is 864 g/mol. The van der Waals surface area contributed by atoms with Gasteiger partial charge in [0.05, 0.1) is 11.4 Å². The highest BCUT2D eigenvalue weighted by atomic mass is 32.1. The third kappa shape index (κ3) is 7.30. The van der Waals surface area contributed by atoms with Gasteiger partial charge in [-0.05, 0) is 174 Å². The summed E-state index contributed by atoms with van der Waals surface area (Å²) in [6.07, 6.45) is 4.75. The summed E-state index contributed by atoms with van der Waals surface area (Å²) in [6.45, 7) is 41.1. The van der Waals surface area contributed by atoms with Crippen LogP contribution in [0.2, 0.25) is 0 Å². The molecule has 1 aromatic heterocycles. The zero-order chi connectivity index (χ0) is 50.0. The lowest BCUT2D eigenvalue weighted by atomic mass is 9.46. The summed E-state index contributed by atoms with van der Waals surface area (Å²) in [7, 11) is 0. The van der Waals surface area contributed by atoms with Crippen LogP contribution < -0.4 is 20.0 Å². The topological polar surface area (TPSA) is 6.48 Å². The van der Waals surface area contributed by atoms with E-state index in [1.54, 1.807) is 0 Å². The van der Waals surface area contributed by atoms with Gasteiger partial charge in [-0.2, -0.15) is 0 Å². The summed E-state index contributed by atoms with van der Waals surface area (Å²) in [5.41, 5.74) is 23.4. The van der Waals surface area contributed by atoms with E-state index in [2.05, 4.69) is 248 Å². The van der Waals surface area contributed by atoms with Crippen LogP contribution >= 0.6 is 11.3 Å². The molecule has 0 saturated heterocycles. The number of hydrogen-bond donors (Lipinski definition) is 0. The van der Waals surface area contributed by atoms with Crippen molar-refractivity contribution >= 4 is 66.9 Å². The van der Waals surface area contributed by atoms with Gasteiger partial charge in [-0.25, -0.2) is 0 Å². The maximum absolute atomic E-state index is 2.79. The Labute approximate surface area is 426 Å². The summed E-state index contributed by atoms with van der Waals surface area (Å²) >= 11 is 2.06. The fourth-order valence-electron chi connectivity index (χ4n) is 12.7. The average Bonchev–Trinajstić information content (AvgIpc) is 3.66. The first-order chi connectivity index (χ1) is 32.6. The van der Waals surface area contributed by atoms with Crippen LogP contribution in [0.4, 0.5) is 28.4 Å². The van der Waals surface area contributed by atoms with Crippen LogP contribution in [0, 0.1) is 0 Å². The van der Waals surface area contributed by atoms with Crippen molar-refractivity contribution in [3.63, 3.8) is 0 Å². The summed E-state index contributed by atoms with van der Waals surface area (Å²) in [4.78, 5) is 5.55. The Hall–Kier alpha value is -5.06. The van der Waals surface area contributed by atoms with Crippen LogP contribution in [0.3, 0.4) is 0 Å². The van der Waals surface area contributed by atoms with Crippen LogP contribution in [0.15, 0.2) is 109 Å². The fourth-order valence-corrected chi connectivity index (χ4v) is 14.0. The van der Waals surface area contributed by atoms with E-state index >= 15 is 0 Å². The van der Waals surface area contributed by atoms with Crippen molar-refractivity contribution in [2.45, 2.75) is 181 Å². The van der Waals surface area contributed by atoms with Gasteiger partial charge in [0.15, 0.2) is 0 Å². The molecule has 70 heavy (non-hydrogen) atoms. The highest BCUT2D eigenvalue weighted by Gasteiger charge is 2.49. The molecule has 11 rings (SSSR count). The van der Waals surface area contributed by atoms with E-state index in [-0.39, 0.29) is 44.8 Å². The van der Waals surface area contributed by atoms with Gasteiger partial charge in [-0.1, -0.05) is 172 Å². The van der Waals surface area contributed by atoms with Crippen LogP contribution in [-0.4, -0.2) is 6.85 Å². The molecule has 3 heterocycles. The van der Waals surface area contributed by atoms with Crippen molar-refractivity contribution in [1.82, 2.24) is 0 Å². The van der Waals surface area contributed by atoms with Gasteiger partial charge in [-0.3, -0.25) is 0 Å². The molecule has 2 aliphatic heterocycles. The molecule has 0 bridgehead atoms. The maximum Gasteiger partial charge on any atom is 0.343 e. The average molecular weight is 941 g/mol. The molecule has 0 saturated carbocycles.